The molecular formula is C36H33O5P. The second-order valence-electron chi connectivity index (χ2n) is 10.0. The molecule has 0 fully saturated rings. The summed E-state index contributed by atoms with van der Waals surface area (Å²) in [6, 6.07) is 28.3. The minimum Gasteiger partial charge on any atom is -0.507 e. The predicted molar refractivity (Wildman–Crippen MR) is 173 cm³/mol. The van der Waals surface area contributed by atoms with Crippen molar-refractivity contribution in [3.8, 4) is 39.9 Å². The van der Waals surface area contributed by atoms with E-state index in [2.05, 4.69) is 42.5 Å². The molecule has 5 aromatic carbocycles. The average Bonchev–Trinajstić information content (AvgIpc) is 3.04. The summed E-state index contributed by atoms with van der Waals surface area (Å²) < 4.78 is 23.2. The number of ether oxygens (including phenoxy) is 4. The van der Waals surface area contributed by atoms with Crippen LogP contribution in [0.1, 0.15) is 17.5 Å². The standard InChI is InChI=1S/C36H33O5P/c1-38-25-19-20-32(31(22-25)41-4)42(36-29(39-2)16-10-17-30(36)40-3)33-18-9-15-28(35(33)37)34-26-13-7-5-11-23(26)21-24-12-6-8-14-27(24)34/h5-7,9-13,15-22,37H,8,14H2,1-4H3. The monoisotopic (exact) mass is 576 g/mol. The Morgan fingerprint density at radius 1 is 0.690 bits per heavy atom. The molecule has 42 heavy (non-hydrogen) atoms. The molecule has 1 aliphatic rings. The van der Waals surface area contributed by atoms with Gasteiger partial charge in [0.1, 0.15) is 28.7 Å². The molecular weight excluding hydrogens is 543 g/mol. The van der Waals surface area contributed by atoms with Gasteiger partial charge in [0.25, 0.3) is 0 Å². The number of rotatable bonds is 8. The summed E-state index contributed by atoms with van der Waals surface area (Å²) in [7, 11) is 5.18. The first-order valence-electron chi connectivity index (χ1n) is 13.9. The lowest BCUT2D eigenvalue weighted by molar-refractivity contribution is 0.396. The van der Waals surface area contributed by atoms with Crippen LogP contribution in [0.2, 0.25) is 0 Å². The van der Waals surface area contributed by atoms with E-state index in [4.69, 9.17) is 18.9 Å². The van der Waals surface area contributed by atoms with Crippen molar-refractivity contribution in [3.63, 3.8) is 0 Å². The molecule has 0 saturated carbocycles. The number of aromatic hydroxyl groups is 1. The molecule has 1 aliphatic carbocycles. The number of phenols is 1. The molecule has 1 unspecified atom stereocenters. The van der Waals surface area contributed by atoms with Gasteiger partial charge < -0.3 is 24.1 Å². The fraction of sp³-hybridized carbons (Fsp3) is 0.167. The number of benzene rings is 5. The molecule has 0 heterocycles. The SMILES string of the molecule is COc1ccc(P(c2cccc(-c3c4c(cc5ccccc35)C=CCC4)c2O)c2c(OC)cccc2OC)c(OC)c1. The third kappa shape index (κ3) is 4.74. The summed E-state index contributed by atoms with van der Waals surface area (Å²) in [5.41, 5.74) is 4.34. The smallest absolute Gasteiger partial charge is 0.131 e. The summed E-state index contributed by atoms with van der Waals surface area (Å²) in [5, 5.41) is 17.2. The molecule has 1 N–H and O–H groups in total. The van der Waals surface area contributed by atoms with Crippen LogP contribution in [-0.2, 0) is 6.42 Å². The van der Waals surface area contributed by atoms with Gasteiger partial charge in [0.2, 0.25) is 0 Å². The van der Waals surface area contributed by atoms with Crippen molar-refractivity contribution < 1.29 is 24.1 Å². The number of hydrogen-bond acceptors (Lipinski definition) is 5. The highest BCUT2D eigenvalue weighted by Crippen LogP contribution is 2.48. The quantitative estimate of drug-likeness (QED) is 0.202. The van der Waals surface area contributed by atoms with E-state index in [9.17, 15) is 5.11 Å². The molecule has 0 amide bonds. The van der Waals surface area contributed by atoms with Crippen LogP contribution in [0.25, 0.3) is 28.0 Å². The Morgan fingerprint density at radius 2 is 1.43 bits per heavy atom. The maximum Gasteiger partial charge on any atom is 0.131 e. The highest BCUT2D eigenvalue weighted by molar-refractivity contribution is 7.80. The molecule has 0 spiro atoms. The van der Waals surface area contributed by atoms with Crippen molar-refractivity contribution >= 4 is 40.7 Å². The summed E-state index contributed by atoms with van der Waals surface area (Å²) in [4.78, 5) is 0. The van der Waals surface area contributed by atoms with Crippen LogP contribution in [-0.4, -0.2) is 33.5 Å². The Morgan fingerprint density at radius 3 is 2.17 bits per heavy atom. The van der Waals surface area contributed by atoms with Crippen molar-refractivity contribution in [1.82, 2.24) is 0 Å². The zero-order valence-electron chi connectivity index (χ0n) is 24.2. The first-order chi connectivity index (χ1) is 20.6. The lowest BCUT2D eigenvalue weighted by Crippen LogP contribution is -2.25. The summed E-state index contributed by atoms with van der Waals surface area (Å²) in [6.45, 7) is 0. The maximum atomic E-state index is 12.3. The van der Waals surface area contributed by atoms with Crippen molar-refractivity contribution in [1.29, 1.82) is 0 Å². The topological polar surface area (TPSA) is 57.2 Å². The van der Waals surface area contributed by atoms with Crippen molar-refractivity contribution in [2.75, 3.05) is 28.4 Å². The van der Waals surface area contributed by atoms with Gasteiger partial charge in [-0.2, -0.15) is 0 Å². The number of fused-ring (bicyclic) bond motifs is 2. The fourth-order valence-corrected chi connectivity index (χ4v) is 8.56. The minimum atomic E-state index is -1.42. The molecule has 0 bridgehead atoms. The van der Waals surface area contributed by atoms with E-state index in [1.807, 2.05) is 54.6 Å². The zero-order valence-corrected chi connectivity index (χ0v) is 25.1. The normalized spacial score (nSPS) is 13.0. The zero-order chi connectivity index (χ0) is 29.2. The van der Waals surface area contributed by atoms with Crippen LogP contribution in [0, 0.1) is 0 Å². The van der Waals surface area contributed by atoms with Gasteiger partial charge in [-0.25, -0.2) is 0 Å². The van der Waals surface area contributed by atoms with Crippen molar-refractivity contribution in [2.24, 2.45) is 0 Å². The van der Waals surface area contributed by atoms with Crippen LogP contribution < -0.4 is 34.9 Å². The Kier molecular flexibility index (Phi) is 7.78. The fourth-order valence-electron chi connectivity index (χ4n) is 5.88. The summed E-state index contributed by atoms with van der Waals surface area (Å²) in [6.07, 6.45) is 6.30. The highest BCUT2D eigenvalue weighted by Gasteiger charge is 2.31. The molecule has 6 rings (SSSR count). The van der Waals surface area contributed by atoms with Gasteiger partial charge in [-0.3, -0.25) is 0 Å². The molecule has 5 aromatic rings. The van der Waals surface area contributed by atoms with Gasteiger partial charge in [0, 0.05) is 30.2 Å². The van der Waals surface area contributed by atoms with Gasteiger partial charge in [-0.05, 0) is 70.6 Å². The van der Waals surface area contributed by atoms with Crippen LogP contribution in [0.15, 0.2) is 91.0 Å². The number of para-hydroxylation sites is 1. The van der Waals surface area contributed by atoms with Crippen molar-refractivity contribution in [2.45, 2.75) is 12.8 Å². The molecule has 6 heteroatoms. The molecule has 212 valence electrons. The van der Waals surface area contributed by atoms with E-state index in [1.165, 1.54) is 11.1 Å². The molecule has 0 radical (unpaired) electrons. The van der Waals surface area contributed by atoms with Crippen LogP contribution in [0.3, 0.4) is 0 Å². The Labute approximate surface area is 247 Å². The maximum absolute atomic E-state index is 12.3. The second kappa shape index (κ2) is 11.8. The van der Waals surface area contributed by atoms with Crippen LogP contribution in [0.4, 0.5) is 0 Å². The number of phenolic OH excluding ortho intramolecular Hbond substituents is 1. The molecule has 0 aliphatic heterocycles. The molecule has 5 nitrogen and oxygen atoms in total. The lowest BCUT2D eigenvalue weighted by atomic mass is 9.85. The van der Waals surface area contributed by atoms with E-state index in [1.54, 1.807) is 28.4 Å². The van der Waals surface area contributed by atoms with E-state index in [0.717, 1.165) is 50.7 Å². The first kappa shape index (κ1) is 27.7. The largest absolute Gasteiger partial charge is 0.507 e. The summed E-state index contributed by atoms with van der Waals surface area (Å²) >= 11 is 0. The Hall–Kier alpha value is -4.47. The van der Waals surface area contributed by atoms with Gasteiger partial charge in [0.05, 0.1) is 33.7 Å². The van der Waals surface area contributed by atoms with E-state index < -0.39 is 7.92 Å². The number of methoxy groups -OCH3 is 4. The first-order valence-corrected chi connectivity index (χ1v) is 15.2. The Bertz CT molecular complexity index is 1790. The lowest BCUT2D eigenvalue weighted by Gasteiger charge is -2.27. The molecule has 0 saturated heterocycles. The van der Waals surface area contributed by atoms with E-state index in [0.29, 0.717) is 23.0 Å². The van der Waals surface area contributed by atoms with Crippen LogP contribution in [0.5, 0.6) is 28.7 Å². The van der Waals surface area contributed by atoms with Crippen LogP contribution >= 0.6 is 7.92 Å². The predicted octanol–water partition coefficient (Wildman–Crippen LogP) is 6.96. The third-order valence-electron chi connectivity index (χ3n) is 7.83. The average molecular weight is 577 g/mol. The highest BCUT2D eigenvalue weighted by atomic mass is 31.1. The summed E-state index contributed by atoms with van der Waals surface area (Å²) in [5.74, 6) is 2.94. The van der Waals surface area contributed by atoms with E-state index >= 15 is 0 Å². The second-order valence-corrected chi connectivity index (χ2v) is 12.1. The third-order valence-corrected chi connectivity index (χ3v) is 10.4. The Balaban J connectivity index is 1.68. The molecule has 1 atom stereocenters. The minimum absolute atomic E-state index is 0.238. The van der Waals surface area contributed by atoms with Gasteiger partial charge in [-0.15, -0.1) is 0 Å². The number of allylic oxidation sites excluding steroid dienone is 1. The van der Waals surface area contributed by atoms with Gasteiger partial charge >= 0.3 is 0 Å². The van der Waals surface area contributed by atoms with Gasteiger partial charge in [-0.1, -0.05) is 60.7 Å². The number of hydrogen-bond donors (Lipinski definition) is 1. The van der Waals surface area contributed by atoms with E-state index in [-0.39, 0.29) is 5.75 Å². The molecule has 0 aromatic heterocycles. The van der Waals surface area contributed by atoms with Gasteiger partial charge in [0.15, 0.2) is 0 Å². The van der Waals surface area contributed by atoms with Crippen molar-refractivity contribution in [3.05, 3.63) is 102 Å².